The molecule has 0 radical (unpaired) electrons. The average Bonchev–Trinajstić information content (AvgIpc) is 2.68. The van der Waals surface area contributed by atoms with Crippen LogP contribution in [0.15, 0.2) is 14.4 Å². The molecule has 0 atom stereocenters. The molecule has 0 spiro atoms. The number of aromatic amines is 4. The molecule has 21 heavy (non-hydrogen) atoms. The topological polar surface area (TPSA) is 231 Å². The summed E-state index contributed by atoms with van der Waals surface area (Å²) in [6.07, 6.45) is 0. The van der Waals surface area contributed by atoms with E-state index in [-0.39, 0.29) is 29.0 Å². The Hall–Kier alpha value is -3.64. The van der Waals surface area contributed by atoms with Crippen LogP contribution < -0.4 is 34.1 Å². The largest absolute Gasteiger partial charge is 0.368 e. The molecule has 0 aliphatic carbocycles. The molecular weight excluding hydrogens is 284 g/mol. The number of aromatic nitrogens is 7. The maximum absolute atomic E-state index is 10.9. The molecule has 3 heterocycles. The lowest BCUT2D eigenvalue weighted by Crippen LogP contribution is -2.21. The van der Waals surface area contributed by atoms with Gasteiger partial charge in [0.2, 0.25) is 17.8 Å². The monoisotopic (exact) mass is 294 g/mol. The minimum Gasteiger partial charge on any atom is -0.368 e. The van der Waals surface area contributed by atoms with Gasteiger partial charge in [0.05, 0.1) is 0 Å². The van der Waals surface area contributed by atoms with Gasteiger partial charge in [-0.2, -0.15) is 15.0 Å². The molecule has 0 fully saturated rings. The maximum atomic E-state index is 10.9. The predicted molar refractivity (Wildman–Crippen MR) is 73.2 cm³/mol. The third-order valence-electron chi connectivity index (χ3n) is 2.11. The Morgan fingerprint density at radius 1 is 0.667 bits per heavy atom. The van der Waals surface area contributed by atoms with Gasteiger partial charge in [0.15, 0.2) is 0 Å². The first-order valence-corrected chi connectivity index (χ1v) is 5.32. The van der Waals surface area contributed by atoms with E-state index in [0.29, 0.717) is 0 Å². The van der Waals surface area contributed by atoms with Crippen LogP contribution in [0.1, 0.15) is 0 Å². The number of nitrogens with zero attached hydrogens (tertiary/aromatic N) is 3. The van der Waals surface area contributed by atoms with Gasteiger partial charge in [-0.25, -0.2) is 9.59 Å². The van der Waals surface area contributed by atoms with E-state index in [1.54, 1.807) is 0 Å². The predicted octanol–water partition coefficient (Wildman–Crippen LogP) is -3.15. The van der Waals surface area contributed by atoms with E-state index >= 15 is 0 Å². The molecule has 0 aromatic carbocycles. The van der Waals surface area contributed by atoms with Crippen molar-refractivity contribution in [3.63, 3.8) is 0 Å². The van der Waals surface area contributed by atoms with E-state index in [0.717, 1.165) is 0 Å². The first kappa shape index (κ1) is 13.8. The molecule has 0 aliphatic heterocycles. The van der Waals surface area contributed by atoms with Crippen molar-refractivity contribution in [1.82, 2.24) is 34.9 Å². The van der Waals surface area contributed by atoms with Gasteiger partial charge in [0, 0.05) is 0 Å². The molecule has 0 saturated carbocycles. The van der Waals surface area contributed by atoms with Crippen LogP contribution in [0.2, 0.25) is 0 Å². The van der Waals surface area contributed by atoms with Crippen LogP contribution in [-0.2, 0) is 0 Å². The van der Waals surface area contributed by atoms with Crippen LogP contribution in [0.3, 0.4) is 0 Å². The average molecular weight is 294 g/mol. The molecule has 3 rings (SSSR count). The molecule has 0 unspecified atom stereocenters. The van der Waals surface area contributed by atoms with Crippen LogP contribution in [0.5, 0.6) is 0 Å². The van der Waals surface area contributed by atoms with E-state index < -0.39 is 16.9 Å². The Morgan fingerprint density at radius 2 is 1.10 bits per heavy atom. The molecule has 0 aliphatic rings. The highest BCUT2D eigenvalue weighted by Gasteiger charge is 2.02. The van der Waals surface area contributed by atoms with Crippen molar-refractivity contribution in [2.75, 3.05) is 17.2 Å². The Bertz CT molecular complexity index is 897. The highest BCUT2D eigenvalue weighted by atomic mass is 16.2. The van der Waals surface area contributed by atoms with Gasteiger partial charge in [-0.1, -0.05) is 0 Å². The van der Waals surface area contributed by atoms with Crippen LogP contribution in [0.25, 0.3) is 11.2 Å². The Morgan fingerprint density at radius 3 is 1.57 bits per heavy atom. The summed E-state index contributed by atoms with van der Waals surface area (Å²) < 4.78 is 0. The quantitative estimate of drug-likeness (QED) is 0.221. The standard InChI is InChI=1S/C5H4N4O3.C3H6N6/c10-3-1-2(7-4(11)6-1)8-5(12)9-3;4-1-7-2(5)9-3(6)8-1/h(H4,6,7,8,9,10,11,12);(H6,4,5,6,7,8,9). The number of H-pyrrole nitrogens is 4. The van der Waals surface area contributed by atoms with Crippen molar-refractivity contribution in [1.29, 1.82) is 0 Å². The van der Waals surface area contributed by atoms with E-state index in [9.17, 15) is 14.4 Å². The van der Waals surface area contributed by atoms with Gasteiger partial charge in [-0.3, -0.25) is 24.7 Å². The zero-order valence-corrected chi connectivity index (χ0v) is 10.3. The second kappa shape index (κ2) is 5.16. The molecular formula is C8H10N10O3. The van der Waals surface area contributed by atoms with E-state index in [1.165, 1.54) is 0 Å². The summed E-state index contributed by atoms with van der Waals surface area (Å²) in [5, 5.41) is 0. The van der Waals surface area contributed by atoms with Crippen LogP contribution >= 0.6 is 0 Å². The number of nitrogens with one attached hydrogen (secondary N) is 4. The summed E-state index contributed by atoms with van der Waals surface area (Å²) >= 11 is 0. The van der Waals surface area contributed by atoms with Gasteiger partial charge < -0.3 is 17.2 Å². The molecule has 3 aromatic heterocycles. The number of hydrogen-bond acceptors (Lipinski definition) is 9. The van der Waals surface area contributed by atoms with E-state index in [1.807, 2.05) is 4.98 Å². The fourth-order valence-electron chi connectivity index (χ4n) is 1.38. The number of rotatable bonds is 0. The third-order valence-corrected chi connectivity index (χ3v) is 2.11. The maximum Gasteiger partial charge on any atom is 0.327 e. The molecule has 0 bridgehead atoms. The normalized spacial score (nSPS) is 10.1. The molecule has 0 amide bonds. The molecule has 10 N–H and O–H groups in total. The Labute approximate surface area is 113 Å². The summed E-state index contributed by atoms with van der Waals surface area (Å²) in [5.74, 6) is 0.125. The second-order valence-electron chi connectivity index (χ2n) is 3.65. The smallest absolute Gasteiger partial charge is 0.327 e. The second-order valence-corrected chi connectivity index (χ2v) is 3.65. The Balaban J connectivity index is 0.000000161. The van der Waals surface area contributed by atoms with Gasteiger partial charge in [-0.15, -0.1) is 0 Å². The summed E-state index contributed by atoms with van der Waals surface area (Å²) in [7, 11) is 0. The van der Waals surface area contributed by atoms with Crippen molar-refractivity contribution in [2.24, 2.45) is 0 Å². The number of nitrogen functional groups attached to an aromatic ring is 3. The van der Waals surface area contributed by atoms with Gasteiger partial charge in [0.25, 0.3) is 5.56 Å². The fourth-order valence-corrected chi connectivity index (χ4v) is 1.38. The lowest BCUT2D eigenvalue weighted by molar-refractivity contribution is 1.07. The molecule has 13 heteroatoms. The van der Waals surface area contributed by atoms with E-state index in [4.69, 9.17) is 17.2 Å². The molecule has 13 nitrogen and oxygen atoms in total. The SMILES string of the molecule is Nc1nc(N)nc(N)n1.O=c1[nH]c(=O)c2[nH]c(=O)[nH]c2[nH]1. The summed E-state index contributed by atoms with van der Waals surface area (Å²) in [5.41, 5.74) is 13.8. The number of fused-ring (bicyclic) bond motifs is 1. The third kappa shape index (κ3) is 3.22. The minimum absolute atomic E-state index is 0.0413. The van der Waals surface area contributed by atoms with Gasteiger partial charge in [0.1, 0.15) is 11.2 Å². The lowest BCUT2D eigenvalue weighted by Gasteiger charge is -1.93. The first-order valence-electron chi connectivity index (χ1n) is 5.32. The van der Waals surface area contributed by atoms with Crippen LogP contribution in [0, 0.1) is 0 Å². The highest BCUT2D eigenvalue weighted by molar-refractivity contribution is 5.67. The summed E-state index contributed by atoms with van der Waals surface area (Å²) in [6, 6.07) is 0. The minimum atomic E-state index is -0.650. The summed E-state index contributed by atoms with van der Waals surface area (Å²) in [4.78, 5) is 51.4. The molecule has 3 aromatic rings. The first-order chi connectivity index (χ1) is 9.85. The number of anilines is 3. The van der Waals surface area contributed by atoms with Crippen molar-refractivity contribution in [3.05, 3.63) is 31.3 Å². The molecule has 0 saturated heterocycles. The number of imidazole rings is 1. The lowest BCUT2D eigenvalue weighted by atomic mass is 10.5. The van der Waals surface area contributed by atoms with Crippen molar-refractivity contribution < 1.29 is 0 Å². The fraction of sp³-hybridized carbons (Fsp3) is 0. The number of hydrogen-bond donors (Lipinski definition) is 7. The highest BCUT2D eigenvalue weighted by Crippen LogP contribution is 1.97. The van der Waals surface area contributed by atoms with Crippen molar-refractivity contribution in [3.8, 4) is 0 Å². The Kier molecular flexibility index (Phi) is 3.38. The van der Waals surface area contributed by atoms with Crippen LogP contribution in [0.4, 0.5) is 17.8 Å². The van der Waals surface area contributed by atoms with Crippen LogP contribution in [-0.4, -0.2) is 34.9 Å². The van der Waals surface area contributed by atoms with Gasteiger partial charge >= 0.3 is 11.4 Å². The molecule has 110 valence electrons. The van der Waals surface area contributed by atoms with E-state index in [2.05, 4.69) is 29.9 Å². The van der Waals surface area contributed by atoms with Crippen molar-refractivity contribution >= 4 is 29.0 Å². The van der Waals surface area contributed by atoms with Crippen molar-refractivity contribution in [2.45, 2.75) is 0 Å². The zero-order valence-electron chi connectivity index (χ0n) is 10.3. The van der Waals surface area contributed by atoms with Gasteiger partial charge in [-0.05, 0) is 0 Å². The number of nitrogens with two attached hydrogens (primary N) is 3. The zero-order chi connectivity index (χ0) is 15.6. The summed E-state index contributed by atoms with van der Waals surface area (Å²) in [6.45, 7) is 0.